The summed E-state index contributed by atoms with van der Waals surface area (Å²) >= 11 is 0. The molecule has 2 amide bonds. The van der Waals surface area contributed by atoms with Gasteiger partial charge in [0.05, 0.1) is 5.52 Å². The second kappa shape index (κ2) is 10.8. The van der Waals surface area contributed by atoms with Crippen molar-refractivity contribution in [3.8, 4) is 0 Å². The summed E-state index contributed by atoms with van der Waals surface area (Å²) in [6.45, 7) is 3.49. The zero-order valence-electron chi connectivity index (χ0n) is 21.3. The Kier molecular flexibility index (Phi) is 7.14. The van der Waals surface area contributed by atoms with Gasteiger partial charge in [-0.3, -0.25) is 14.5 Å². The minimum atomic E-state index is -1.21. The number of nitrogens with one attached hydrogen (secondary N) is 1. The van der Waals surface area contributed by atoms with Crippen LogP contribution in [0.5, 0.6) is 0 Å². The van der Waals surface area contributed by atoms with Crippen molar-refractivity contribution >= 4 is 34.2 Å². The van der Waals surface area contributed by atoms with E-state index in [0.717, 1.165) is 11.1 Å². The van der Waals surface area contributed by atoms with E-state index in [1.165, 1.54) is 58.1 Å². The van der Waals surface area contributed by atoms with Gasteiger partial charge in [-0.15, -0.1) is 5.10 Å². The molecule has 1 heterocycles. The van der Waals surface area contributed by atoms with Crippen molar-refractivity contribution in [3.63, 3.8) is 0 Å². The molecule has 0 spiro atoms. The van der Waals surface area contributed by atoms with Gasteiger partial charge in [-0.2, -0.15) is 0 Å². The lowest BCUT2D eigenvalue weighted by Crippen LogP contribution is -2.43. The lowest BCUT2D eigenvalue weighted by molar-refractivity contribution is -0.124. The fraction of sp³-hybridized carbons (Fsp3) is 0.133. The van der Waals surface area contributed by atoms with E-state index < -0.39 is 29.5 Å². The molecule has 5 aromatic rings. The van der Waals surface area contributed by atoms with E-state index in [2.05, 4.69) is 15.6 Å². The minimum absolute atomic E-state index is 0.244. The van der Waals surface area contributed by atoms with Gasteiger partial charge < -0.3 is 5.32 Å². The van der Waals surface area contributed by atoms with E-state index in [4.69, 9.17) is 0 Å². The van der Waals surface area contributed by atoms with Crippen molar-refractivity contribution in [2.75, 3.05) is 10.2 Å². The van der Waals surface area contributed by atoms with Gasteiger partial charge in [0, 0.05) is 11.4 Å². The molecule has 1 aromatic heterocycles. The number of nitrogens with zero attached hydrogens (tertiary/aromatic N) is 4. The minimum Gasteiger partial charge on any atom is -0.323 e. The molecular formula is C30H25F2N5O2. The maximum absolute atomic E-state index is 14.0. The Morgan fingerprint density at radius 2 is 1.46 bits per heavy atom. The monoisotopic (exact) mass is 525 g/mol. The Labute approximate surface area is 223 Å². The molecule has 1 unspecified atom stereocenters. The van der Waals surface area contributed by atoms with E-state index in [0.29, 0.717) is 22.3 Å². The quantitative estimate of drug-likeness (QED) is 0.294. The number of para-hydroxylation sites is 2. The smallest absolute Gasteiger partial charge is 0.252 e. The van der Waals surface area contributed by atoms with E-state index in [9.17, 15) is 18.4 Å². The molecule has 9 heteroatoms. The average Bonchev–Trinajstić information content (AvgIpc) is 3.33. The number of hydrogen-bond donors (Lipinski definition) is 1. The van der Waals surface area contributed by atoms with Gasteiger partial charge in [0.2, 0.25) is 5.91 Å². The third-order valence-corrected chi connectivity index (χ3v) is 6.50. The van der Waals surface area contributed by atoms with Crippen molar-refractivity contribution in [2.45, 2.75) is 26.4 Å². The molecule has 0 saturated heterocycles. The fourth-order valence-electron chi connectivity index (χ4n) is 4.54. The standard InChI is InChI=1S/C30H25F2N5O2/c1-19-6-5-7-20(2)28(19)33-30(39)29(21-10-12-22(31)13-11-21)37(24-16-14-23(32)15-17-24)27(38)18-36-26-9-4-3-8-25(26)34-35-36/h3-17,29H,18H2,1-2H3,(H,33,39). The maximum atomic E-state index is 14.0. The number of aromatic nitrogens is 3. The number of amides is 2. The van der Waals surface area contributed by atoms with Gasteiger partial charge in [-0.25, -0.2) is 13.5 Å². The summed E-state index contributed by atoms with van der Waals surface area (Å²) in [6.07, 6.45) is 0. The van der Waals surface area contributed by atoms with Crippen LogP contribution in [0.2, 0.25) is 0 Å². The molecule has 0 aliphatic heterocycles. The highest BCUT2D eigenvalue weighted by Gasteiger charge is 2.34. The second-order valence-corrected chi connectivity index (χ2v) is 9.19. The van der Waals surface area contributed by atoms with E-state index in [-0.39, 0.29) is 12.2 Å². The first-order chi connectivity index (χ1) is 18.8. The van der Waals surface area contributed by atoms with Crippen LogP contribution in [0.4, 0.5) is 20.2 Å². The molecule has 0 aliphatic carbocycles. The molecule has 1 N–H and O–H groups in total. The number of rotatable bonds is 7. The van der Waals surface area contributed by atoms with Crippen LogP contribution < -0.4 is 10.2 Å². The highest BCUT2D eigenvalue weighted by atomic mass is 19.1. The second-order valence-electron chi connectivity index (χ2n) is 9.19. The first-order valence-corrected chi connectivity index (χ1v) is 12.3. The summed E-state index contributed by atoms with van der Waals surface area (Å²) in [5, 5.41) is 11.2. The number of aryl methyl sites for hydroxylation is 2. The number of hydrogen-bond acceptors (Lipinski definition) is 4. The predicted molar refractivity (Wildman–Crippen MR) is 145 cm³/mol. The first-order valence-electron chi connectivity index (χ1n) is 12.3. The summed E-state index contributed by atoms with van der Waals surface area (Å²) in [6, 6.07) is 22.3. The number of fused-ring (bicyclic) bond motifs is 1. The van der Waals surface area contributed by atoms with E-state index >= 15 is 0 Å². The van der Waals surface area contributed by atoms with Gasteiger partial charge in [0.1, 0.15) is 29.7 Å². The zero-order valence-corrected chi connectivity index (χ0v) is 21.3. The highest BCUT2D eigenvalue weighted by molar-refractivity contribution is 6.06. The average molecular weight is 526 g/mol. The van der Waals surface area contributed by atoms with Crippen molar-refractivity contribution in [2.24, 2.45) is 0 Å². The van der Waals surface area contributed by atoms with Gasteiger partial charge >= 0.3 is 0 Å². The van der Waals surface area contributed by atoms with Crippen LogP contribution >= 0.6 is 0 Å². The zero-order chi connectivity index (χ0) is 27.5. The van der Waals surface area contributed by atoms with Crippen molar-refractivity contribution in [1.29, 1.82) is 0 Å². The van der Waals surface area contributed by atoms with E-state index in [1.807, 2.05) is 44.2 Å². The molecule has 0 saturated carbocycles. The Morgan fingerprint density at radius 3 is 2.13 bits per heavy atom. The van der Waals surface area contributed by atoms with Crippen molar-refractivity contribution < 1.29 is 18.4 Å². The molecule has 0 radical (unpaired) electrons. The van der Waals surface area contributed by atoms with Gasteiger partial charge in [-0.05, 0) is 79.1 Å². The van der Waals surface area contributed by atoms with Crippen molar-refractivity contribution in [3.05, 3.63) is 119 Å². The maximum Gasteiger partial charge on any atom is 0.252 e. The summed E-state index contributed by atoms with van der Waals surface area (Å²) in [7, 11) is 0. The fourth-order valence-corrected chi connectivity index (χ4v) is 4.54. The lowest BCUT2D eigenvalue weighted by atomic mass is 10.0. The molecule has 39 heavy (non-hydrogen) atoms. The van der Waals surface area contributed by atoms with Gasteiger partial charge in [-0.1, -0.05) is 47.7 Å². The van der Waals surface area contributed by atoms with Gasteiger partial charge in [0.25, 0.3) is 5.91 Å². The molecule has 7 nitrogen and oxygen atoms in total. The molecule has 0 bridgehead atoms. The molecule has 0 fully saturated rings. The van der Waals surface area contributed by atoms with Crippen LogP contribution in [0.15, 0.2) is 91.0 Å². The third-order valence-electron chi connectivity index (χ3n) is 6.50. The number of anilines is 2. The molecule has 0 aliphatic rings. The Morgan fingerprint density at radius 1 is 0.846 bits per heavy atom. The number of carbonyl (C=O) groups excluding carboxylic acids is 2. The third kappa shape index (κ3) is 5.38. The number of halogens is 2. The summed E-state index contributed by atoms with van der Waals surface area (Å²) < 4.78 is 29.2. The van der Waals surface area contributed by atoms with Crippen LogP contribution in [-0.2, 0) is 16.1 Å². The van der Waals surface area contributed by atoms with Gasteiger partial charge in [0.15, 0.2) is 0 Å². The largest absolute Gasteiger partial charge is 0.323 e. The topological polar surface area (TPSA) is 80.1 Å². The summed E-state index contributed by atoms with van der Waals surface area (Å²) in [5.41, 5.74) is 4.22. The summed E-state index contributed by atoms with van der Waals surface area (Å²) in [5.74, 6) is -1.99. The Bertz CT molecular complexity index is 1630. The number of carbonyl (C=O) groups is 2. The molecule has 196 valence electrons. The highest BCUT2D eigenvalue weighted by Crippen LogP contribution is 2.31. The molecular weight excluding hydrogens is 500 g/mol. The van der Waals surface area contributed by atoms with Crippen LogP contribution in [-0.4, -0.2) is 26.8 Å². The normalized spacial score (nSPS) is 11.8. The van der Waals surface area contributed by atoms with Crippen LogP contribution in [0.3, 0.4) is 0 Å². The lowest BCUT2D eigenvalue weighted by Gasteiger charge is -2.32. The number of benzene rings is 4. The van der Waals surface area contributed by atoms with E-state index in [1.54, 1.807) is 12.1 Å². The van der Waals surface area contributed by atoms with Crippen LogP contribution in [0.25, 0.3) is 11.0 Å². The molecule has 4 aromatic carbocycles. The van der Waals surface area contributed by atoms with Crippen LogP contribution in [0.1, 0.15) is 22.7 Å². The first kappa shape index (κ1) is 25.7. The predicted octanol–water partition coefficient (Wildman–Crippen LogP) is 5.74. The molecule has 5 rings (SSSR count). The molecule has 1 atom stereocenters. The Balaban J connectivity index is 1.61. The summed E-state index contributed by atoms with van der Waals surface area (Å²) in [4.78, 5) is 29.3. The Hall–Kier alpha value is -4.92. The van der Waals surface area contributed by atoms with Crippen molar-refractivity contribution in [1.82, 2.24) is 15.0 Å². The SMILES string of the molecule is Cc1cccc(C)c1NC(=O)C(c1ccc(F)cc1)N(C(=O)Cn1nnc2ccccc21)c1ccc(F)cc1. The van der Waals surface area contributed by atoms with Crippen LogP contribution in [0, 0.1) is 25.5 Å².